The lowest BCUT2D eigenvalue weighted by molar-refractivity contribution is -0.123. The van der Waals surface area contributed by atoms with Crippen LogP contribution in [-0.4, -0.2) is 17.3 Å². The van der Waals surface area contributed by atoms with E-state index in [1.807, 2.05) is 0 Å². The van der Waals surface area contributed by atoms with Crippen molar-refractivity contribution in [3.63, 3.8) is 0 Å². The Labute approximate surface area is 120 Å². The van der Waals surface area contributed by atoms with Gasteiger partial charge in [0.25, 0.3) is 0 Å². The van der Waals surface area contributed by atoms with Gasteiger partial charge in [0.1, 0.15) is 0 Å². The summed E-state index contributed by atoms with van der Waals surface area (Å²) in [7, 11) is 0. The van der Waals surface area contributed by atoms with Gasteiger partial charge in [0, 0.05) is 17.3 Å². The van der Waals surface area contributed by atoms with Gasteiger partial charge in [-0.3, -0.25) is 4.79 Å². The van der Waals surface area contributed by atoms with Crippen molar-refractivity contribution in [3.05, 3.63) is 0 Å². The van der Waals surface area contributed by atoms with Gasteiger partial charge in [-0.15, -0.1) is 0 Å². The van der Waals surface area contributed by atoms with Gasteiger partial charge >= 0.3 is 0 Å². The van der Waals surface area contributed by atoms with Crippen LogP contribution in [0.5, 0.6) is 0 Å². The maximum Gasteiger partial charge on any atom is 0.224 e. The summed E-state index contributed by atoms with van der Waals surface area (Å²) in [6, 6.07) is 0. The van der Waals surface area contributed by atoms with E-state index in [9.17, 15) is 4.79 Å². The van der Waals surface area contributed by atoms with Crippen LogP contribution >= 0.6 is 15.9 Å². The molecule has 0 aliphatic heterocycles. The molecule has 18 heavy (non-hydrogen) atoms. The second-order valence-electron chi connectivity index (χ2n) is 7.98. The van der Waals surface area contributed by atoms with E-state index >= 15 is 0 Å². The van der Waals surface area contributed by atoms with Crippen LogP contribution < -0.4 is 5.32 Å². The highest BCUT2D eigenvalue weighted by Gasteiger charge is 2.68. The number of rotatable bonds is 4. The van der Waals surface area contributed by atoms with Crippen molar-refractivity contribution in [2.75, 3.05) is 6.54 Å². The van der Waals surface area contributed by atoms with E-state index in [1.165, 1.54) is 0 Å². The molecule has 0 bridgehead atoms. The third kappa shape index (κ3) is 3.28. The largest absolute Gasteiger partial charge is 0.355 e. The zero-order valence-corrected chi connectivity index (χ0v) is 14.4. The quantitative estimate of drug-likeness (QED) is 0.780. The van der Waals surface area contributed by atoms with Crippen LogP contribution in [0.15, 0.2) is 0 Å². The van der Waals surface area contributed by atoms with Gasteiger partial charge in [-0.05, 0) is 22.7 Å². The molecule has 0 spiro atoms. The molecular weight excluding hydrogens is 290 g/mol. The smallest absolute Gasteiger partial charge is 0.224 e. The predicted molar refractivity (Wildman–Crippen MR) is 80.8 cm³/mol. The molecule has 0 heterocycles. The molecule has 0 saturated heterocycles. The van der Waals surface area contributed by atoms with E-state index < -0.39 is 0 Å². The molecule has 0 aromatic heterocycles. The molecule has 1 unspecified atom stereocenters. The van der Waals surface area contributed by atoms with E-state index in [0.29, 0.717) is 4.83 Å². The molecule has 1 amide bonds. The van der Waals surface area contributed by atoms with Gasteiger partial charge in [0.2, 0.25) is 5.91 Å². The van der Waals surface area contributed by atoms with Gasteiger partial charge in [-0.25, -0.2) is 0 Å². The SMILES string of the molecule is CC(C)(C)CC(Br)CNC(=O)C1C(C)(C)C1(C)C. The van der Waals surface area contributed by atoms with Crippen LogP contribution in [0.3, 0.4) is 0 Å². The van der Waals surface area contributed by atoms with Gasteiger partial charge in [0.05, 0.1) is 0 Å². The van der Waals surface area contributed by atoms with Crippen molar-refractivity contribution in [1.29, 1.82) is 0 Å². The molecule has 0 aromatic rings. The number of alkyl halides is 1. The van der Waals surface area contributed by atoms with E-state index in [0.717, 1.165) is 13.0 Å². The first-order valence-electron chi connectivity index (χ1n) is 6.81. The summed E-state index contributed by atoms with van der Waals surface area (Å²) in [6.45, 7) is 16.1. The summed E-state index contributed by atoms with van der Waals surface area (Å²) in [5, 5.41) is 3.09. The number of amides is 1. The number of hydrogen-bond acceptors (Lipinski definition) is 1. The van der Waals surface area contributed by atoms with Crippen LogP contribution in [0, 0.1) is 22.2 Å². The minimum Gasteiger partial charge on any atom is -0.355 e. The van der Waals surface area contributed by atoms with Crippen LogP contribution in [0.25, 0.3) is 0 Å². The molecule has 0 aromatic carbocycles. The molecule has 1 N–H and O–H groups in total. The van der Waals surface area contributed by atoms with Crippen molar-refractivity contribution in [3.8, 4) is 0 Å². The van der Waals surface area contributed by atoms with E-state index in [1.54, 1.807) is 0 Å². The van der Waals surface area contributed by atoms with Gasteiger partial charge in [-0.2, -0.15) is 0 Å². The average molecular weight is 318 g/mol. The number of nitrogens with one attached hydrogen (secondary N) is 1. The third-order valence-corrected chi connectivity index (χ3v) is 5.26. The summed E-state index contributed by atoms with van der Waals surface area (Å²) < 4.78 is 0. The fourth-order valence-corrected chi connectivity index (χ4v) is 4.03. The topological polar surface area (TPSA) is 29.1 Å². The van der Waals surface area contributed by atoms with E-state index in [2.05, 4.69) is 69.7 Å². The van der Waals surface area contributed by atoms with Crippen molar-refractivity contribution in [2.24, 2.45) is 22.2 Å². The van der Waals surface area contributed by atoms with E-state index in [-0.39, 0.29) is 28.1 Å². The Morgan fingerprint density at radius 3 is 2.00 bits per heavy atom. The molecule has 0 radical (unpaired) electrons. The Hall–Kier alpha value is -0.0500. The minimum absolute atomic E-state index is 0.128. The van der Waals surface area contributed by atoms with Crippen molar-refractivity contribution >= 4 is 21.8 Å². The van der Waals surface area contributed by atoms with Gasteiger partial charge in [-0.1, -0.05) is 64.4 Å². The summed E-state index contributed by atoms with van der Waals surface area (Å²) in [5.41, 5.74) is 0.545. The Bertz CT molecular complexity index is 314. The molecule has 106 valence electrons. The Morgan fingerprint density at radius 2 is 1.67 bits per heavy atom. The van der Waals surface area contributed by atoms with Crippen LogP contribution in [0.1, 0.15) is 54.9 Å². The van der Waals surface area contributed by atoms with Gasteiger partial charge < -0.3 is 5.32 Å². The zero-order chi connectivity index (χ0) is 14.4. The molecule has 3 heteroatoms. The fraction of sp³-hybridized carbons (Fsp3) is 0.933. The molecule has 1 rings (SSSR count). The second kappa shape index (κ2) is 4.81. The predicted octanol–water partition coefficient (Wildman–Crippen LogP) is 3.98. The average Bonchev–Trinajstić information content (AvgIpc) is 2.51. The first kappa shape index (κ1) is 16.0. The first-order chi connectivity index (χ1) is 7.89. The number of hydrogen-bond donors (Lipinski definition) is 1. The molecule has 1 aliphatic rings. The molecule has 1 atom stereocenters. The molecule has 2 nitrogen and oxygen atoms in total. The first-order valence-corrected chi connectivity index (χ1v) is 7.73. The number of carbonyl (C=O) groups is 1. The lowest BCUT2D eigenvalue weighted by atomic mass is 9.90. The van der Waals surface area contributed by atoms with Crippen molar-refractivity contribution in [2.45, 2.75) is 59.7 Å². The zero-order valence-electron chi connectivity index (χ0n) is 12.9. The number of halogens is 1. The maximum absolute atomic E-state index is 12.2. The standard InChI is InChI=1S/C15H28BrNO/c1-13(2,3)8-10(16)9-17-12(18)11-14(4,5)15(11,6)7/h10-11H,8-9H2,1-7H3,(H,17,18). The van der Waals surface area contributed by atoms with Crippen LogP contribution in [0.2, 0.25) is 0 Å². The maximum atomic E-state index is 12.2. The Balaban J connectivity index is 2.40. The second-order valence-corrected chi connectivity index (χ2v) is 9.28. The molecule has 1 saturated carbocycles. The van der Waals surface area contributed by atoms with Crippen LogP contribution in [0.4, 0.5) is 0 Å². The lowest BCUT2D eigenvalue weighted by Crippen LogP contribution is -2.33. The summed E-state index contributed by atoms with van der Waals surface area (Å²) >= 11 is 3.65. The highest BCUT2D eigenvalue weighted by Crippen LogP contribution is 2.68. The molecule has 1 aliphatic carbocycles. The molecular formula is C15H28BrNO. The van der Waals surface area contributed by atoms with Crippen molar-refractivity contribution in [1.82, 2.24) is 5.32 Å². The summed E-state index contributed by atoms with van der Waals surface area (Å²) in [6.07, 6.45) is 1.06. The van der Waals surface area contributed by atoms with E-state index in [4.69, 9.17) is 0 Å². The lowest BCUT2D eigenvalue weighted by Gasteiger charge is -2.22. The third-order valence-electron chi connectivity index (χ3n) is 4.61. The molecule has 1 fully saturated rings. The highest BCUT2D eigenvalue weighted by molar-refractivity contribution is 9.09. The minimum atomic E-state index is 0.128. The summed E-state index contributed by atoms with van der Waals surface area (Å²) in [5.74, 6) is 0.364. The van der Waals surface area contributed by atoms with Crippen molar-refractivity contribution < 1.29 is 4.79 Å². The Morgan fingerprint density at radius 1 is 1.22 bits per heavy atom. The van der Waals surface area contributed by atoms with Crippen LogP contribution in [-0.2, 0) is 4.79 Å². The highest BCUT2D eigenvalue weighted by atomic mass is 79.9. The normalized spacial score (nSPS) is 23.6. The Kier molecular flexibility index (Phi) is 4.27. The summed E-state index contributed by atoms with van der Waals surface area (Å²) in [4.78, 5) is 12.5. The number of carbonyl (C=O) groups excluding carboxylic acids is 1. The van der Waals surface area contributed by atoms with Gasteiger partial charge in [0.15, 0.2) is 0 Å². The fourth-order valence-electron chi connectivity index (χ4n) is 2.90. The monoisotopic (exact) mass is 317 g/mol.